The molecule has 1 aromatic heterocycles. The lowest BCUT2D eigenvalue weighted by molar-refractivity contribution is 0.457. The van der Waals surface area contributed by atoms with E-state index < -0.39 is 0 Å². The van der Waals surface area contributed by atoms with Gasteiger partial charge in [-0.05, 0) is 18.2 Å². The maximum Gasteiger partial charge on any atom is 0.224 e. The predicted octanol–water partition coefficient (Wildman–Crippen LogP) is 3.74. The fourth-order valence-corrected chi connectivity index (χ4v) is 1.80. The molecule has 0 aliphatic rings. The summed E-state index contributed by atoms with van der Waals surface area (Å²) in [6.07, 6.45) is 0. The van der Waals surface area contributed by atoms with Gasteiger partial charge in [0.2, 0.25) is 5.88 Å². The Morgan fingerprint density at radius 3 is 2.67 bits per heavy atom. The average molecular weight is 308 g/mol. The van der Waals surface area contributed by atoms with Crippen LogP contribution >= 0.6 is 15.9 Å². The standard InChI is InChI=1S/C13H14BrN3O/c1-8(2)13-16-11(15)7-12(17-13)18-10-5-3-4-9(14)6-10/h3-8H,1-2H3,(H2,15,16,17). The van der Waals surface area contributed by atoms with Gasteiger partial charge in [0.1, 0.15) is 17.4 Å². The second kappa shape index (κ2) is 5.35. The van der Waals surface area contributed by atoms with Crippen LogP contribution in [-0.2, 0) is 0 Å². The van der Waals surface area contributed by atoms with Crippen molar-refractivity contribution in [2.24, 2.45) is 0 Å². The van der Waals surface area contributed by atoms with Crippen molar-refractivity contribution in [2.45, 2.75) is 19.8 Å². The van der Waals surface area contributed by atoms with E-state index in [0.717, 1.165) is 4.47 Å². The van der Waals surface area contributed by atoms with E-state index in [1.54, 1.807) is 6.07 Å². The molecule has 0 aliphatic heterocycles. The van der Waals surface area contributed by atoms with E-state index in [0.29, 0.717) is 23.3 Å². The first-order valence-electron chi connectivity index (χ1n) is 5.62. The van der Waals surface area contributed by atoms with E-state index >= 15 is 0 Å². The molecule has 5 heteroatoms. The summed E-state index contributed by atoms with van der Waals surface area (Å²) in [5.74, 6) is 2.47. The van der Waals surface area contributed by atoms with E-state index in [2.05, 4.69) is 25.9 Å². The first-order chi connectivity index (χ1) is 8.54. The summed E-state index contributed by atoms with van der Waals surface area (Å²) < 4.78 is 6.62. The fraction of sp³-hybridized carbons (Fsp3) is 0.231. The van der Waals surface area contributed by atoms with Crippen molar-refractivity contribution in [2.75, 3.05) is 5.73 Å². The number of nitrogens with two attached hydrogens (primary N) is 1. The van der Waals surface area contributed by atoms with Crippen molar-refractivity contribution < 1.29 is 4.74 Å². The number of rotatable bonds is 3. The largest absolute Gasteiger partial charge is 0.439 e. The molecular formula is C13H14BrN3O. The van der Waals surface area contributed by atoms with Gasteiger partial charge < -0.3 is 10.5 Å². The Labute approximate surface area is 114 Å². The van der Waals surface area contributed by atoms with Crippen LogP contribution in [0.3, 0.4) is 0 Å². The number of halogens is 1. The molecule has 0 atom stereocenters. The van der Waals surface area contributed by atoms with Gasteiger partial charge >= 0.3 is 0 Å². The number of benzene rings is 1. The van der Waals surface area contributed by atoms with Gasteiger partial charge in [-0.1, -0.05) is 35.8 Å². The molecular weight excluding hydrogens is 294 g/mol. The lowest BCUT2D eigenvalue weighted by Crippen LogP contribution is -2.02. The van der Waals surface area contributed by atoms with Crippen molar-refractivity contribution in [1.29, 1.82) is 0 Å². The van der Waals surface area contributed by atoms with Gasteiger partial charge in [-0.2, -0.15) is 4.98 Å². The van der Waals surface area contributed by atoms with Crippen LogP contribution < -0.4 is 10.5 Å². The van der Waals surface area contributed by atoms with Gasteiger partial charge in [-0.25, -0.2) is 4.98 Å². The third-order valence-corrected chi connectivity index (χ3v) is 2.77. The third kappa shape index (κ3) is 3.20. The maximum atomic E-state index is 5.74. The van der Waals surface area contributed by atoms with Gasteiger partial charge in [0.05, 0.1) is 0 Å². The minimum Gasteiger partial charge on any atom is -0.439 e. The lowest BCUT2D eigenvalue weighted by atomic mass is 10.2. The highest BCUT2D eigenvalue weighted by molar-refractivity contribution is 9.10. The summed E-state index contributed by atoms with van der Waals surface area (Å²) >= 11 is 3.39. The molecule has 1 aromatic carbocycles. The number of ether oxygens (including phenoxy) is 1. The van der Waals surface area contributed by atoms with Crippen LogP contribution in [0, 0.1) is 0 Å². The van der Waals surface area contributed by atoms with E-state index in [4.69, 9.17) is 10.5 Å². The van der Waals surface area contributed by atoms with Crippen LogP contribution in [0.25, 0.3) is 0 Å². The second-order valence-corrected chi connectivity index (χ2v) is 5.12. The molecule has 0 aliphatic carbocycles. The zero-order valence-corrected chi connectivity index (χ0v) is 11.8. The molecule has 2 aromatic rings. The number of nitrogen functional groups attached to an aromatic ring is 1. The number of anilines is 1. The molecule has 2 N–H and O–H groups in total. The number of hydrogen-bond acceptors (Lipinski definition) is 4. The first-order valence-corrected chi connectivity index (χ1v) is 6.42. The van der Waals surface area contributed by atoms with Crippen LogP contribution in [0.5, 0.6) is 11.6 Å². The molecule has 0 radical (unpaired) electrons. The summed E-state index contributed by atoms with van der Waals surface area (Å²) in [6, 6.07) is 9.17. The highest BCUT2D eigenvalue weighted by Gasteiger charge is 2.08. The molecule has 1 heterocycles. The zero-order chi connectivity index (χ0) is 13.1. The van der Waals surface area contributed by atoms with Gasteiger partial charge in [0.25, 0.3) is 0 Å². The Bertz CT molecular complexity index is 558. The van der Waals surface area contributed by atoms with E-state index in [1.165, 1.54) is 0 Å². The lowest BCUT2D eigenvalue weighted by Gasteiger charge is -2.09. The van der Waals surface area contributed by atoms with Gasteiger partial charge in [-0.3, -0.25) is 0 Å². The van der Waals surface area contributed by atoms with Crippen LogP contribution in [0.2, 0.25) is 0 Å². The molecule has 0 saturated heterocycles. The third-order valence-electron chi connectivity index (χ3n) is 2.27. The minimum atomic E-state index is 0.207. The van der Waals surface area contributed by atoms with Crippen LogP contribution in [0.15, 0.2) is 34.8 Å². The second-order valence-electron chi connectivity index (χ2n) is 4.20. The SMILES string of the molecule is CC(C)c1nc(N)cc(Oc2cccc(Br)c2)n1. The Kier molecular flexibility index (Phi) is 3.81. The van der Waals surface area contributed by atoms with Crippen molar-refractivity contribution in [1.82, 2.24) is 9.97 Å². The molecule has 2 rings (SSSR count). The van der Waals surface area contributed by atoms with Crippen molar-refractivity contribution >= 4 is 21.7 Å². The molecule has 0 spiro atoms. The number of hydrogen-bond donors (Lipinski definition) is 1. The average Bonchev–Trinajstić information content (AvgIpc) is 2.28. The van der Waals surface area contributed by atoms with Crippen LogP contribution in [0.4, 0.5) is 5.82 Å². The number of aromatic nitrogens is 2. The summed E-state index contributed by atoms with van der Waals surface area (Å²) in [5.41, 5.74) is 5.74. The molecule has 0 fully saturated rings. The molecule has 18 heavy (non-hydrogen) atoms. The predicted molar refractivity (Wildman–Crippen MR) is 74.7 cm³/mol. The van der Waals surface area contributed by atoms with Crippen molar-refractivity contribution in [3.05, 3.63) is 40.6 Å². The van der Waals surface area contributed by atoms with E-state index in [9.17, 15) is 0 Å². The molecule has 0 saturated carbocycles. The van der Waals surface area contributed by atoms with Crippen LogP contribution in [-0.4, -0.2) is 9.97 Å². The summed E-state index contributed by atoms with van der Waals surface area (Å²) in [4.78, 5) is 8.50. The Morgan fingerprint density at radius 2 is 2.00 bits per heavy atom. The maximum absolute atomic E-state index is 5.74. The van der Waals surface area contributed by atoms with Gasteiger partial charge in [0.15, 0.2) is 0 Å². The first kappa shape index (κ1) is 12.8. The molecule has 0 bridgehead atoms. The van der Waals surface area contributed by atoms with E-state index in [-0.39, 0.29) is 5.92 Å². The topological polar surface area (TPSA) is 61.0 Å². The number of nitrogens with zero attached hydrogens (tertiary/aromatic N) is 2. The minimum absolute atomic E-state index is 0.207. The summed E-state index contributed by atoms with van der Waals surface area (Å²) in [5, 5.41) is 0. The molecule has 0 unspecified atom stereocenters. The molecule has 94 valence electrons. The summed E-state index contributed by atoms with van der Waals surface area (Å²) in [7, 11) is 0. The molecule has 4 nitrogen and oxygen atoms in total. The van der Waals surface area contributed by atoms with Gasteiger partial charge in [0, 0.05) is 16.5 Å². The normalized spacial score (nSPS) is 10.7. The van der Waals surface area contributed by atoms with E-state index in [1.807, 2.05) is 38.1 Å². The quantitative estimate of drug-likeness (QED) is 0.938. The highest BCUT2D eigenvalue weighted by atomic mass is 79.9. The van der Waals surface area contributed by atoms with Crippen molar-refractivity contribution in [3.63, 3.8) is 0 Å². The zero-order valence-electron chi connectivity index (χ0n) is 10.2. The smallest absolute Gasteiger partial charge is 0.224 e. The molecule has 0 amide bonds. The highest BCUT2D eigenvalue weighted by Crippen LogP contribution is 2.25. The van der Waals surface area contributed by atoms with Crippen molar-refractivity contribution in [3.8, 4) is 11.6 Å². The summed E-state index contributed by atoms with van der Waals surface area (Å²) in [6.45, 7) is 4.02. The van der Waals surface area contributed by atoms with Crippen LogP contribution in [0.1, 0.15) is 25.6 Å². The Hall–Kier alpha value is -1.62. The Balaban J connectivity index is 2.29. The fourth-order valence-electron chi connectivity index (χ4n) is 1.42. The van der Waals surface area contributed by atoms with Gasteiger partial charge in [-0.15, -0.1) is 0 Å². The monoisotopic (exact) mass is 307 g/mol. The Morgan fingerprint density at radius 1 is 1.22 bits per heavy atom.